The predicted octanol–water partition coefficient (Wildman–Crippen LogP) is 3.73. The lowest BCUT2D eigenvalue weighted by molar-refractivity contribution is -0.132. The van der Waals surface area contributed by atoms with Crippen LogP contribution in [0, 0.1) is 13.8 Å². The molecule has 6 nitrogen and oxygen atoms in total. The highest BCUT2D eigenvalue weighted by molar-refractivity contribution is 5.95. The van der Waals surface area contributed by atoms with E-state index < -0.39 is 0 Å². The third-order valence-corrected chi connectivity index (χ3v) is 5.03. The van der Waals surface area contributed by atoms with Gasteiger partial charge in [-0.1, -0.05) is 37.3 Å². The first-order valence-electron chi connectivity index (χ1n) is 10.6. The van der Waals surface area contributed by atoms with Crippen LogP contribution in [0.25, 0.3) is 0 Å². The first-order valence-corrected chi connectivity index (χ1v) is 10.6. The minimum atomic E-state index is -0.0677. The third kappa shape index (κ3) is 7.02. The minimum absolute atomic E-state index is 0.0645. The second-order valence-corrected chi connectivity index (χ2v) is 7.97. The number of nitrogens with zero attached hydrogens (tertiary/aromatic N) is 3. The molecule has 0 N–H and O–H groups in total. The van der Waals surface area contributed by atoms with E-state index in [-0.39, 0.29) is 11.8 Å². The molecule has 2 aromatic rings. The lowest BCUT2D eigenvalue weighted by Gasteiger charge is -2.27. The average Bonchev–Trinajstić information content (AvgIpc) is 3.06. The topological polar surface area (TPSA) is 57.0 Å². The third-order valence-electron chi connectivity index (χ3n) is 5.03. The first-order chi connectivity index (χ1) is 14.3. The van der Waals surface area contributed by atoms with Crippen molar-refractivity contribution in [3.63, 3.8) is 0 Å². The van der Waals surface area contributed by atoms with Gasteiger partial charge in [0, 0.05) is 39.1 Å². The predicted molar refractivity (Wildman–Crippen MR) is 119 cm³/mol. The van der Waals surface area contributed by atoms with Crippen LogP contribution in [0.2, 0.25) is 0 Å². The van der Waals surface area contributed by atoms with E-state index in [0.717, 1.165) is 24.3 Å². The average molecular weight is 414 g/mol. The van der Waals surface area contributed by atoms with E-state index >= 15 is 0 Å². The summed E-state index contributed by atoms with van der Waals surface area (Å²) in [4.78, 5) is 31.8. The normalized spacial score (nSPS) is 11.0. The maximum atomic E-state index is 13.0. The van der Waals surface area contributed by atoms with E-state index in [4.69, 9.17) is 4.42 Å². The zero-order valence-corrected chi connectivity index (χ0v) is 19.0. The van der Waals surface area contributed by atoms with E-state index in [9.17, 15) is 9.59 Å². The number of aryl methyl sites for hydroxylation is 2. The minimum Gasteiger partial charge on any atom is -0.466 e. The number of furan rings is 1. The van der Waals surface area contributed by atoms with E-state index in [1.165, 1.54) is 0 Å². The fourth-order valence-electron chi connectivity index (χ4n) is 3.40. The van der Waals surface area contributed by atoms with Gasteiger partial charge in [0.25, 0.3) is 5.91 Å². The molecule has 0 fully saturated rings. The van der Waals surface area contributed by atoms with Gasteiger partial charge in [-0.05, 0) is 46.0 Å². The summed E-state index contributed by atoms with van der Waals surface area (Å²) in [5, 5.41) is 0. The van der Waals surface area contributed by atoms with Crippen molar-refractivity contribution in [1.82, 2.24) is 14.7 Å². The molecule has 1 aromatic heterocycles. The fraction of sp³-hybridized carbons (Fsp3) is 0.500. The molecule has 2 rings (SSSR count). The molecule has 2 amide bonds. The van der Waals surface area contributed by atoms with Gasteiger partial charge in [0.1, 0.15) is 11.5 Å². The monoisotopic (exact) mass is 413 g/mol. The van der Waals surface area contributed by atoms with Gasteiger partial charge in [0.05, 0.1) is 5.56 Å². The summed E-state index contributed by atoms with van der Waals surface area (Å²) in [5.41, 5.74) is 1.69. The number of carbonyl (C=O) groups is 2. The Labute approximate surface area is 180 Å². The molecule has 1 heterocycles. The van der Waals surface area contributed by atoms with E-state index in [1.807, 2.05) is 63.2 Å². The summed E-state index contributed by atoms with van der Waals surface area (Å²) >= 11 is 0. The van der Waals surface area contributed by atoms with Gasteiger partial charge in [-0.15, -0.1) is 0 Å². The van der Waals surface area contributed by atoms with Crippen LogP contribution in [0.4, 0.5) is 0 Å². The van der Waals surface area contributed by atoms with Gasteiger partial charge in [0.2, 0.25) is 5.91 Å². The molecule has 0 spiro atoms. The van der Waals surface area contributed by atoms with Crippen LogP contribution in [0.1, 0.15) is 47.2 Å². The Morgan fingerprint density at radius 3 is 2.20 bits per heavy atom. The summed E-state index contributed by atoms with van der Waals surface area (Å²) in [7, 11) is 4.00. The van der Waals surface area contributed by atoms with Crippen LogP contribution >= 0.6 is 0 Å². The van der Waals surface area contributed by atoms with Gasteiger partial charge in [-0.25, -0.2) is 0 Å². The molecule has 0 aliphatic carbocycles. The fourth-order valence-corrected chi connectivity index (χ4v) is 3.40. The molecule has 0 atom stereocenters. The highest BCUT2D eigenvalue weighted by Crippen LogP contribution is 2.17. The summed E-state index contributed by atoms with van der Waals surface area (Å²) in [6.45, 7) is 8.73. The van der Waals surface area contributed by atoms with Crippen LogP contribution in [-0.4, -0.2) is 66.8 Å². The first kappa shape index (κ1) is 23.7. The zero-order chi connectivity index (χ0) is 22.1. The van der Waals surface area contributed by atoms with Crippen LogP contribution in [0.15, 0.2) is 40.8 Å². The van der Waals surface area contributed by atoms with Crippen molar-refractivity contribution in [2.45, 2.75) is 40.2 Å². The Balaban J connectivity index is 2.05. The van der Waals surface area contributed by atoms with Crippen LogP contribution in [-0.2, 0) is 11.3 Å². The number of rotatable bonds is 11. The molecule has 6 heteroatoms. The van der Waals surface area contributed by atoms with E-state index in [0.29, 0.717) is 43.9 Å². The van der Waals surface area contributed by atoms with Crippen molar-refractivity contribution < 1.29 is 14.0 Å². The van der Waals surface area contributed by atoms with Crippen LogP contribution in [0.3, 0.4) is 0 Å². The highest BCUT2D eigenvalue weighted by Gasteiger charge is 2.22. The van der Waals surface area contributed by atoms with E-state index in [1.54, 1.807) is 17.9 Å². The van der Waals surface area contributed by atoms with Gasteiger partial charge in [0.15, 0.2) is 0 Å². The number of hydrogen-bond donors (Lipinski definition) is 0. The van der Waals surface area contributed by atoms with Crippen molar-refractivity contribution in [3.8, 4) is 0 Å². The summed E-state index contributed by atoms with van der Waals surface area (Å²) in [6.07, 6.45) is 1.14. The number of benzene rings is 1. The molecular formula is C24H35N3O3. The highest BCUT2D eigenvalue weighted by atomic mass is 16.3. The molecule has 0 aliphatic heterocycles. The van der Waals surface area contributed by atoms with Crippen LogP contribution in [0.5, 0.6) is 0 Å². The number of amides is 2. The molecule has 0 saturated carbocycles. The van der Waals surface area contributed by atoms with Crippen molar-refractivity contribution in [3.05, 3.63) is 59.0 Å². The molecule has 0 aliphatic rings. The van der Waals surface area contributed by atoms with Crippen molar-refractivity contribution in [1.29, 1.82) is 0 Å². The molecule has 0 unspecified atom stereocenters. The standard InChI is InChI=1S/C24H35N3O3/c1-6-13-26(24(29)22-17-19(2)30-20(22)3)14-12-23(28)27(16-15-25(4)5)18-21-10-8-7-9-11-21/h7-11,17H,6,12-16,18H2,1-5H3. The van der Waals surface area contributed by atoms with E-state index in [2.05, 4.69) is 4.90 Å². The lowest BCUT2D eigenvalue weighted by Crippen LogP contribution is -2.39. The Bertz CT molecular complexity index is 814. The van der Waals surface area contributed by atoms with Gasteiger partial charge in [-0.3, -0.25) is 9.59 Å². The van der Waals surface area contributed by atoms with Crippen molar-refractivity contribution in [2.75, 3.05) is 40.3 Å². The largest absolute Gasteiger partial charge is 0.466 e. The number of carbonyl (C=O) groups excluding carboxylic acids is 2. The Morgan fingerprint density at radius 1 is 0.933 bits per heavy atom. The molecule has 0 saturated heterocycles. The molecule has 1 aromatic carbocycles. The molecule has 30 heavy (non-hydrogen) atoms. The van der Waals surface area contributed by atoms with Crippen molar-refractivity contribution in [2.24, 2.45) is 0 Å². The maximum Gasteiger partial charge on any atom is 0.257 e. The Morgan fingerprint density at radius 2 is 1.63 bits per heavy atom. The molecular weight excluding hydrogens is 378 g/mol. The molecule has 0 radical (unpaired) electrons. The molecule has 164 valence electrons. The summed E-state index contributed by atoms with van der Waals surface area (Å²) in [5.74, 6) is 1.35. The number of likely N-dealkylation sites (N-methyl/N-ethyl adjacent to an activating group) is 1. The second-order valence-electron chi connectivity index (χ2n) is 7.97. The number of hydrogen-bond acceptors (Lipinski definition) is 4. The van der Waals surface area contributed by atoms with Gasteiger partial charge in [-0.2, -0.15) is 0 Å². The quantitative estimate of drug-likeness (QED) is 0.563. The Kier molecular flexibility index (Phi) is 9.12. The zero-order valence-electron chi connectivity index (χ0n) is 19.0. The van der Waals surface area contributed by atoms with Gasteiger partial charge >= 0.3 is 0 Å². The molecule has 0 bridgehead atoms. The lowest BCUT2D eigenvalue weighted by atomic mass is 10.2. The Hall–Kier alpha value is -2.60. The maximum absolute atomic E-state index is 13.0. The van der Waals surface area contributed by atoms with Crippen molar-refractivity contribution >= 4 is 11.8 Å². The SMILES string of the molecule is CCCN(CCC(=O)N(CCN(C)C)Cc1ccccc1)C(=O)c1cc(C)oc1C. The van der Waals surface area contributed by atoms with Gasteiger partial charge < -0.3 is 19.1 Å². The second kappa shape index (κ2) is 11.6. The smallest absolute Gasteiger partial charge is 0.257 e. The van der Waals surface area contributed by atoms with Crippen LogP contribution < -0.4 is 0 Å². The summed E-state index contributed by atoms with van der Waals surface area (Å²) < 4.78 is 5.52. The summed E-state index contributed by atoms with van der Waals surface area (Å²) in [6, 6.07) is 11.8.